The van der Waals surface area contributed by atoms with Crippen molar-refractivity contribution in [3.05, 3.63) is 69.7 Å². The zero-order chi connectivity index (χ0) is 15.2. The topological polar surface area (TPSA) is 12.0 Å². The Labute approximate surface area is 132 Å². The van der Waals surface area contributed by atoms with Crippen molar-refractivity contribution in [3.8, 4) is 0 Å². The molecule has 112 valence electrons. The maximum atomic E-state index is 13.4. The van der Waals surface area contributed by atoms with Crippen LogP contribution in [0.3, 0.4) is 0 Å². The minimum absolute atomic E-state index is 0.107. The third-order valence-corrected chi connectivity index (χ3v) is 3.75. The van der Waals surface area contributed by atoms with Crippen LogP contribution in [0.5, 0.6) is 0 Å². The highest BCUT2D eigenvalue weighted by Crippen LogP contribution is 2.22. The lowest BCUT2D eigenvalue weighted by Crippen LogP contribution is -2.24. The van der Waals surface area contributed by atoms with Crippen molar-refractivity contribution in [3.63, 3.8) is 0 Å². The lowest BCUT2D eigenvalue weighted by atomic mass is 9.98. The average molecular weight is 354 g/mol. The van der Waals surface area contributed by atoms with Gasteiger partial charge in [0.05, 0.1) is 0 Å². The SMILES string of the molecule is CCCNC(Cc1cccc(Br)c1)c1cc(F)cc(F)c1. The van der Waals surface area contributed by atoms with Crippen LogP contribution in [-0.2, 0) is 6.42 Å². The van der Waals surface area contributed by atoms with Gasteiger partial charge in [0, 0.05) is 16.6 Å². The van der Waals surface area contributed by atoms with Crippen molar-refractivity contribution < 1.29 is 8.78 Å². The second kappa shape index (κ2) is 7.66. The molecule has 0 radical (unpaired) electrons. The van der Waals surface area contributed by atoms with E-state index in [4.69, 9.17) is 0 Å². The van der Waals surface area contributed by atoms with Crippen molar-refractivity contribution in [2.45, 2.75) is 25.8 Å². The Bertz CT molecular complexity index is 581. The highest BCUT2D eigenvalue weighted by atomic mass is 79.9. The Kier molecular flexibility index (Phi) is 5.88. The second-order valence-corrected chi connectivity index (χ2v) is 5.96. The van der Waals surface area contributed by atoms with Gasteiger partial charge in [-0.25, -0.2) is 8.78 Å². The fourth-order valence-corrected chi connectivity index (χ4v) is 2.75. The van der Waals surface area contributed by atoms with Gasteiger partial charge in [-0.05, 0) is 54.8 Å². The van der Waals surface area contributed by atoms with Crippen LogP contribution in [-0.4, -0.2) is 6.54 Å². The number of benzene rings is 2. The summed E-state index contributed by atoms with van der Waals surface area (Å²) in [4.78, 5) is 0. The highest BCUT2D eigenvalue weighted by molar-refractivity contribution is 9.10. The second-order valence-electron chi connectivity index (χ2n) is 5.04. The van der Waals surface area contributed by atoms with E-state index in [1.807, 2.05) is 24.3 Å². The summed E-state index contributed by atoms with van der Waals surface area (Å²) < 4.78 is 27.9. The summed E-state index contributed by atoms with van der Waals surface area (Å²) in [5, 5.41) is 3.36. The Hall–Kier alpha value is -1.26. The van der Waals surface area contributed by atoms with Crippen LogP contribution >= 0.6 is 15.9 Å². The third kappa shape index (κ3) is 4.90. The monoisotopic (exact) mass is 353 g/mol. The molecule has 21 heavy (non-hydrogen) atoms. The first-order valence-electron chi connectivity index (χ1n) is 7.02. The highest BCUT2D eigenvalue weighted by Gasteiger charge is 2.14. The third-order valence-electron chi connectivity index (χ3n) is 3.26. The molecule has 2 rings (SSSR count). The minimum atomic E-state index is -0.539. The molecular formula is C17H18BrF2N. The largest absolute Gasteiger partial charge is 0.310 e. The van der Waals surface area contributed by atoms with Crippen molar-refractivity contribution in [1.82, 2.24) is 5.32 Å². The molecule has 2 aromatic carbocycles. The van der Waals surface area contributed by atoms with Gasteiger partial charge in [0.2, 0.25) is 0 Å². The van der Waals surface area contributed by atoms with Crippen LogP contribution in [0.15, 0.2) is 46.9 Å². The van der Waals surface area contributed by atoms with Crippen molar-refractivity contribution in [2.75, 3.05) is 6.54 Å². The molecule has 1 nitrogen and oxygen atoms in total. The van der Waals surface area contributed by atoms with Gasteiger partial charge in [0.25, 0.3) is 0 Å². The normalized spacial score (nSPS) is 12.4. The summed E-state index contributed by atoms with van der Waals surface area (Å²) >= 11 is 3.44. The van der Waals surface area contributed by atoms with E-state index in [2.05, 4.69) is 28.2 Å². The van der Waals surface area contributed by atoms with Gasteiger partial charge in [0.1, 0.15) is 11.6 Å². The molecule has 4 heteroatoms. The molecule has 0 aliphatic rings. The summed E-state index contributed by atoms with van der Waals surface area (Å²) in [5.41, 5.74) is 1.75. The molecule has 0 aliphatic heterocycles. The first-order chi connectivity index (χ1) is 10.1. The van der Waals surface area contributed by atoms with Crippen molar-refractivity contribution in [2.24, 2.45) is 0 Å². The molecule has 1 atom stereocenters. The average Bonchev–Trinajstić information content (AvgIpc) is 2.42. The molecule has 0 saturated carbocycles. The zero-order valence-electron chi connectivity index (χ0n) is 11.9. The van der Waals surface area contributed by atoms with Gasteiger partial charge in [-0.3, -0.25) is 0 Å². The number of halogens is 3. The summed E-state index contributed by atoms with van der Waals surface area (Å²) in [5.74, 6) is -1.08. The molecule has 2 aromatic rings. The summed E-state index contributed by atoms with van der Waals surface area (Å²) in [7, 11) is 0. The van der Waals surface area contributed by atoms with Gasteiger partial charge in [-0.15, -0.1) is 0 Å². The first kappa shape index (κ1) is 16.1. The lowest BCUT2D eigenvalue weighted by molar-refractivity contribution is 0.515. The predicted molar refractivity (Wildman–Crippen MR) is 85.2 cm³/mol. The van der Waals surface area contributed by atoms with Crippen LogP contribution in [0.2, 0.25) is 0 Å². The summed E-state index contributed by atoms with van der Waals surface area (Å²) in [6.45, 7) is 2.87. The van der Waals surface area contributed by atoms with E-state index in [9.17, 15) is 8.78 Å². The lowest BCUT2D eigenvalue weighted by Gasteiger charge is -2.19. The van der Waals surface area contributed by atoms with Gasteiger partial charge >= 0.3 is 0 Å². The predicted octanol–water partition coefficient (Wildman–Crippen LogP) is 5.01. The standard InChI is InChI=1S/C17H18BrF2N/c1-2-6-21-17(8-12-4-3-5-14(18)7-12)13-9-15(19)11-16(20)10-13/h3-5,7,9-11,17,21H,2,6,8H2,1H3. The van der Waals surface area contributed by atoms with E-state index in [1.165, 1.54) is 12.1 Å². The number of nitrogens with one attached hydrogen (secondary N) is 1. The number of rotatable bonds is 6. The van der Waals surface area contributed by atoms with Crippen LogP contribution in [0.4, 0.5) is 8.78 Å². The van der Waals surface area contributed by atoms with E-state index in [0.717, 1.165) is 29.1 Å². The molecule has 0 aliphatic carbocycles. The molecule has 0 amide bonds. The van der Waals surface area contributed by atoms with Crippen LogP contribution in [0.1, 0.15) is 30.5 Å². The van der Waals surface area contributed by atoms with Gasteiger partial charge in [-0.2, -0.15) is 0 Å². The Morgan fingerprint density at radius 2 is 1.81 bits per heavy atom. The van der Waals surface area contributed by atoms with E-state index in [1.54, 1.807) is 0 Å². The van der Waals surface area contributed by atoms with Crippen LogP contribution < -0.4 is 5.32 Å². The van der Waals surface area contributed by atoms with Gasteiger partial charge in [-0.1, -0.05) is 35.0 Å². The molecule has 1 unspecified atom stereocenters. The molecule has 0 heterocycles. The molecule has 0 saturated heterocycles. The summed E-state index contributed by atoms with van der Waals surface area (Å²) in [6.07, 6.45) is 1.65. The maximum absolute atomic E-state index is 13.4. The number of hydrogen-bond donors (Lipinski definition) is 1. The van der Waals surface area contributed by atoms with Gasteiger partial charge < -0.3 is 5.32 Å². The maximum Gasteiger partial charge on any atom is 0.126 e. The van der Waals surface area contributed by atoms with E-state index < -0.39 is 11.6 Å². The molecule has 0 fully saturated rings. The van der Waals surface area contributed by atoms with Crippen molar-refractivity contribution in [1.29, 1.82) is 0 Å². The Morgan fingerprint density at radius 1 is 1.10 bits per heavy atom. The van der Waals surface area contributed by atoms with Gasteiger partial charge in [0.15, 0.2) is 0 Å². The first-order valence-corrected chi connectivity index (χ1v) is 7.81. The van der Waals surface area contributed by atoms with E-state index >= 15 is 0 Å². The zero-order valence-corrected chi connectivity index (χ0v) is 13.5. The quantitative estimate of drug-likeness (QED) is 0.769. The number of hydrogen-bond acceptors (Lipinski definition) is 1. The molecule has 1 N–H and O–H groups in total. The van der Waals surface area contributed by atoms with Crippen LogP contribution in [0.25, 0.3) is 0 Å². The summed E-state index contributed by atoms with van der Waals surface area (Å²) in [6, 6.07) is 11.5. The van der Waals surface area contributed by atoms with Crippen LogP contribution in [0, 0.1) is 11.6 Å². The molecule has 0 bridgehead atoms. The van der Waals surface area contributed by atoms with Crippen molar-refractivity contribution >= 4 is 15.9 Å². The minimum Gasteiger partial charge on any atom is -0.310 e. The Morgan fingerprint density at radius 3 is 2.43 bits per heavy atom. The smallest absolute Gasteiger partial charge is 0.126 e. The molecular weight excluding hydrogens is 336 g/mol. The Balaban J connectivity index is 2.25. The molecule has 0 spiro atoms. The molecule has 0 aromatic heterocycles. The fourth-order valence-electron chi connectivity index (χ4n) is 2.30. The van der Waals surface area contributed by atoms with E-state index in [0.29, 0.717) is 12.0 Å². The van der Waals surface area contributed by atoms with E-state index in [-0.39, 0.29) is 6.04 Å². The fraction of sp³-hybridized carbons (Fsp3) is 0.294.